The first-order valence-corrected chi connectivity index (χ1v) is 8.10. The van der Waals surface area contributed by atoms with Gasteiger partial charge in [-0.1, -0.05) is 12.1 Å². The molecule has 2 N–H and O–H groups in total. The second-order valence-corrected chi connectivity index (χ2v) is 6.65. The molecule has 0 aliphatic carbocycles. The molecule has 0 fully saturated rings. The van der Waals surface area contributed by atoms with E-state index >= 15 is 0 Å². The number of pyridine rings is 1. The van der Waals surface area contributed by atoms with Crippen LogP contribution in [0.25, 0.3) is 10.9 Å². The van der Waals surface area contributed by atoms with E-state index in [9.17, 15) is 9.82 Å². The molecular weight excluding hydrogens is 315 g/mol. The molecule has 0 unspecified atom stereocenters. The number of fused-ring (bicyclic) bond motifs is 2. The third-order valence-corrected chi connectivity index (χ3v) is 4.50. The predicted octanol–water partition coefficient (Wildman–Crippen LogP) is 2.44. The summed E-state index contributed by atoms with van der Waals surface area (Å²) < 4.78 is 5.55. The molecule has 0 radical (unpaired) electrons. The van der Waals surface area contributed by atoms with Gasteiger partial charge < -0.3 is 15.0 Å². The van der Waals surface area contributed by atoms with E-state index in [1.807, 2.05) is 50.2 Å². The second-order valence-electron chi connectivity index (χ2n) is 6.65. The maximum Gasteiger partial charge on any atom is 0.492 e. The molecule has 3 aromatic rings. The normalized spacial score (nSPS) is 15.2. The van der Waals surface area contributed by atoms with Gasteiger partial charge in [-0.3, -0.25) is 9.78 Å². The molecule has 1 aliphatic heterocycles. The SMILES string of the molecule is CC1(C)OB(O)c2cc(NC(=O)c3ccc4ncccc4c3)ccc21. The maximum absolute atomic E-state index is 12.5. The third-order valence-electron chi connectivity index (χ3n) is 4.50. The van der Waals surface area contributed by atoms with Crippen molar-refractivity contribution < 1.29 is 14.5 Å². The van der Waals surface area contributed by atoms with Crippen molar-refractivity contribution in [3.05, 3.63) is 65.9 Å². The maximum atomic E-state index is 12.5. The van der Waals surface area contributed by atoms with Gasteiger partial charge in [-0.25, -0.2) is 0 Å². The van der Waals surface area contributed by atoms with Crippen LogP contribution in [-0.4, -0.2) is 23.0 Å². The molecule has 0 bridgehead atoms. The van der Waals surface area contributed by atoms with Gasteiger partial charge in [-0.2, -0.15) is 0 Å². The highest BCUT2D eigenvalue weighted by Crippen LogP contribution is 2.30. The Morgan fingerprint density at radius 1 is 1.20 bits per heavy atom. The molecule has 0 spiro atoms. The quantitative estimate of drug-likeness (QED) is 0.707. The lowest BCUT2D eigenvalue weighted by atomic mass is 9.78. The van der Waals surface area contributed by atoms with Gasteiger partial charge in [0.15, 0.2) is 0 Å². The summed E-state index contributed by atoms with van der Waals surface area (Å²) >= 11 is 0. The number of aromatic nitrogens is 1. The molecular formula is C19H17BN2O3. The zero-order valence-corrected chi connectivity index (χ0v) is 14.0. The summed E-state index contributed by atoms with van der Waals surface area (Å²) in [7, 11) is -0.978. The van der Waals surface area contributed by atoms with Crippen LogP contribution in [0.15, 0.2) is 54.7 Å². The fraction of sp³-hybridized carbons (Fsp3) is 0.158. The van der Waals surface area contributed by atoms with E-state index in [0.717, 1.165) is 16.5 Å². The molecule has 4 rings (SSSR count). The molecule has 2 aromatic carbocycles. The fourth-order valence-corrected chi connectivity index (χ4v) is 3.22. The van der Waals surface area contributed by atoms with Gasteiger partial charge in [0, 0.05) is 22.8 Å². The number of amides is 1. The summed E-state index contributed by atoms with van der Waals surface area (Å²) in [5, 5.41) is 13.9. The van der Waals surface area contributed by atoms with Crippen LogP contribution in [0.1, 0.15) is 29.8 Å². The minimum Gasteiger partial charge on any atom is -0.423 e. The minimum atomic E-state index is -0.978. The van der Waals surface area contributed by atoms with Crippen LogP contribution < -0.4 is 10.8 Å². The monoisotopic (exact) mass is 332 g/mol. The summed E-state index contributed by atoms with van der Waals surface area (Å²) in [6, 6.07) is 14.6. The van der Waals surface area contributed by atoms with E-state index in [4.69, 9.17) is 4.65 Å². The van der Waals surface area contributed by atoms with Gasteiger partial charge in [-0.15, -0.1) is 0 Å². The van der Waals surface area contributed by atoms with Gasteiger partial charge in [0.05, 0.1) is 11.1 Å². The third kappa shape index (κ3) is 2.79. The second kappa shape index (κ2) is 5.69. The molecule has 1 amide bonds. The topological polar surface area (TPSA) is 71.5 Å². The zero-order valence-electron chi connectivity index (χ0n) is 14.0. The van der Waals surface area contributed by atoms with Crippen molar-refractivity contribution in [1.82, 2.24) is 4.98 Å². The Kier molecular flexibility index (Phi) is 3.60. The Labute approximate surface area is 145 Å². The average molecular weight is 332 g/mol. The molecule has 25 heavy (non-hydrogen) atoms. The number of rotatable bonds is 2. The number of carbonyl (C=O) groups excluding carboxylic acids is 1. The van der Waals surface area contributed by atoms with Gasteiger partial charge in [0.1, 0.15) is 0 Å². The van der Waals surface area contributed by atoms with Crippen molar-refractivity contribution in [2.45, 2.75) is 19.4 Å². The lowest BCUT2D eigenvalue weighted by Gasteiger charge is -2.19. The van der Waals surface area contributed by atoms with Crippen LogP contribution in [0, 0.1) is 0 Å². The number of carbonyl (C=O) groups is 1. The largest absolute Gasteiger partial charge is 0.492 e. The Hall–Kier alpha value is -2.70. The van der Waals surface area contributed by atoms with E-state index in [1.54, 1.807) is 18.3 Å². The standard InChI is InChI=1S/C19H17BN2O3/c1-19(2)15-7-6-14(11-16(15)20(24)25-19)22-18(23)13-5-8-17-12(10-13)4-3-9-21-17/h3-11,24H,1-2H3,(H,22,23). The zero-order chi connectivity index (χ0) is 17.6. The molecule has 5 nitrogen and oxygen atoms in total. The Balaban J connectivity index is 1.61. The number of benzene rings is 2. The number of hydrogen-bond acceptors (Lipinski definition) is 4. The van der Waals surface area contributed by atoms with Crippen molar-refractivity contribution in [2.75, 3.05) is 5.32 Å². The predicted molar refractivity (Wildman–Crippen MR) is 97.9 cm³/mol. The Morgan fingerprint density at radius 2 is 2.04 bits per heavy atom. The minimum absolute atomic E-state index is 0.210. The highest BCUT2D eigenvalue weighted by Gasteiger charge is 2.40. The fourth-order valence-electron chi connectivity index (χ4n) is 3.22. The van der Waals surface area contributed by atoms with Gasteiger partial charge in [0.2, 0.25) is 0 Å². The molecule has 0 atom stereocenters. The highest BCUT2D eigenvalue weighted by atomic mass is 16.5. The van der Waals surface area contributed by atoms with Crippen molar-refractivity contribution in [1.29, 1.82) is 0 Å². The lowest BCUT2D eigenvalue weighted by Crippen LogP contribution is -2.29. The molecule has 0 saturated heterocycles. The van der Waals surface area contributed by atoms with Crippen LogP contribution in [0.3, 0.4) is 0 Å². The summed E-state index contributed by atoms with van der Waals surface area (Å²) in [5.74, 6) is -0.210. The average Bonchev–Trinajstić information content (AvgIpc) is 2.83. The van der Waals surface area contributed by atoms with Gasteiger partial charge >= 0.3 is 7.12 Å². The first-order valence-electron chi connectivity index (χ1n) is 8.10. The number of hydrogen-bond donors (Lipinski definition) is 2. The Morgan fingerprint density at radius 3 is 2.88 bits per heavy atom. The van der Waals surface area contributed by atoms with Gasteiger partial charge in [0.25, 0.3) is 5.91 Å². The van der Waals surface area contributed by atoms with Crippen LogP contribution in [-0.2, 0) is 10.3 Å². The van der Waals surface area contributed by atoms with Crippen LogP contribution in [0.5, 0.6) is 0 Å². The van der Waals surface area contributed by atoms with Crippen molar-refractivity contribution in [2.24, 2.45) is 0 Å². The first-order chi connectivity index (χ1) is 11.9. The van der Waals surface area contributed by atoms with Crippen LogP contribution >= 0.6 is 0 Å². The number of anilines is 1. The summed E-state index contributed by atoms with van der Waals surface area (Å²) in [5.41, 5.74) is 3.09. The van der Waals surface area contributed by atoms with E-state index < -0.39 is 12.7 Å². The summed E-state index contributed by atoms with van der Waals surface area (Å²) in [6.45, 7) is 3.81. The molecule has 1 aliphatic rings. The van der Waals surface area contributed by atoms with E-state index in [2.05, 4.69) is 10.3 Å². The summed E-state index contributed by atoms with van der Waals surface area (Å²) in [4.78, 5) is 16.8. The first kappa shape index (κ1) is 15.8. The number of nitrogens with zero attached hydrogens (tertiary/aromatic N) is 1. The Bertz CT molecular complexity index is 987. The van der Waals surface area contributed by atoms with Crippen LogP contribution in [0.4, 0.5) is 5.69 Å². The van der Waals surface area contributed by atoms with Crippen molar-refractivity contribution in [3.63, 3.8) is 0 Å². The van der Waals surface area contributed by atoms with Crippen molar-refractivity contribution in [3.8, 4) is 0 Å². The van der Waals surface area contributed by atoms with Crippen LogP contribution in [0.2, 0.25) is 0 Å². The smallest absolute Gasteiger partial charge is 0.423 e. The molecule has 2 heterocycles. The number of nitrogens with one attached hydrogen (secondary N) is 1. The lowest BCUT2D eigenvalue weighted by molar-refractivity contribution is 0.101. The molecule has 0 saturated carbocycles. The molecule has 1 aromatic heterocycles. The molecule has 124 valence electrons. The van der Waals surface area contributed by atoms with E-state index in [-0.39, 0.29) is 5.91 Å². The summed E-state index contributed by atoms with van der Waals surface area (Å²) in [6.07, 6.45) is 1.72. The van der Waals surface area contributed by atoms with Gasteiger partial charge in [-0.05, 0) is 61.3 Å². The van der Waals surface area contributed by atoms with Crippen molar-refractivity contribution >= 4 is 35.1 Å². The van der Waals surface area contributed by atoms with E-state index in [0.29, 0.717) is 16.7 Å². The molecule has 6 heteroatoms. The highest BCUT2D eigenvalue weighted by molar-refractivity contribution is 6.62. The van der Waals surface area contributed by atoms with E-state index in [1.165, 1.54) is 0 Å².